The van der Waals surface area contributed by atoms with Gasteiger partial charge in [-0.25, -0.2) is 8.42 Å². The van der Waals surface area contributed by atoms with Gasteiger partial charge >= 0.3 is 0 Å². The van der Waals surface area contributed by atoms with E-state index in [2.05, 4.69) is 5.32 Å². The number of aryl methyl sites for hydroxylation is 1. The van der Waals surface area contributed by atoms with Crippen LogP contribution in [0.1, 0.15) is 45.7 Å². The van der Waals surface area contributed by atoms with Crippen LogP contribution in [0.5, 0.6) is 0 Å². The smallest absolute Gasteiger partial charge is 0.244 e. The summed E-state index contributed by atoms with van der Waals surface area (Å²) in [6.07, 6.45) is 2.45. The highest BCUT2D eigenvalue weighted by molar-refractivity contribution is 7.92. The first-order valence-electron chi connectivity index (χ1n) is 11.5. The lowest BCUT2D eigenvalue weighted by atomic mass is 10.1. The maximum Gasteiger partial charge on any atom is 0.244 e. The quantitative estimate of drug-likeness (QED) is 0.557. The van der Waals surface area contributed by atoms with Crippen LogP contribution >= 0.6 is 0 Å². The number of hydrogen-bond acceptors (Lipinski definition) is 4. The molecule has 0 aliphatic rings. The molecule has 0 saturated heterocycles. The van der Waals surface area contributed by atoms with E-state index in [0.29, 0.717) is 12.1 Å². The monoisotopic (exact) mass is 487 g/mol. The van der Waals surface area contributed by atoms with Crippen molar-refractivity contribution in [2.75, 3.05) is 23.7 Å². The van der Waals surface area contributed by atoms with Gasteiger partial charge in [-0.3, -0.25) is 13.9 Å². The number of nitrogens with one attached hydrogen (secondary N) is 1. The summed E-state index contributed by atoms with van der Waals surface area (Å²) in [6, 6.07) is 16.0. The standard InChI is InChI=1S/C26H37N3O4S/c1-7-21-13-15-23(16-14-21)29(34(6,32)33)19-24(30)28(18-17-22-11-9-8-10-12-22)20(2)25(31)27-26(3,4)5/h8-16,20H,7,17-19H2,1-6H3,(H,27,31). The molecule has 186 valence electrons. The van der Waals surface area contributed by atoms with Gasteiger partial charge in [0, 0.05) is 12.1 Å². The highest BCUT2D eigenvalue weighted by Crippen LogP contribution is 2.20. The fourth-order valence-corrected chi connectivity index (χ4v) is 4.41. The molecule has 0 aromatic heterocycles. The summed E-state index contributed by atoms with van der Waals surface area (Å²) in [4.78, 5) is 27.8. The number of benzene rings is 2. The fraction of sp³-hybridized carbons (Fsp3) is 0.462. The molecule has 7 nitrogen and oxygen atoms in total. The molecule has 0 heterocycles. The van der Waals surface area contributed by atoms with Gasteiger partial charge in [-0.2, -0.15) is 0 Å². The zero-order chi connectivity index (χ0) is 25.5. The van der Waals surface area contributed by atoms with E-state index in [-0.39, 0.29) is 19.0 Å². The molecule has 0 bridgehead atoms. The van der Waals surface area contributed by atoms with Gasteiger partial charge in [0.15, 0.2) is 0 Å². The number of nitrogens with zero attached hydrogens (tertiary/aromatic N) is 2. The topological polar surface area (TPSA) is 86.8 Å². The average Bonchev–Trinajstić information content (AvgIpc) is 2.76. The van der Waals surface area contributed by atoms with Gasteiger partial charge in [0.25, 0.3) is 0 Å². The predicted molar refractivity (Wildman–Crippen MR) is 137 cm³/mol. The highest BCUT2D eigenvalue weighted by Gasteiger charge is 2.31. The molecule has 0 radical (unpaired) electrons. The normalized spacial score (nSPS) is 12.6. The van der Waals surface area contributed by atoms with Crippen LogP contribution in [-0.2, 0) is 32.5 Å². The van der Waals surface area contributed by atoms with Crippen molar-refractivity contribution in [3.63, 3.8) is 0 Å². The Hall–Kier alpha value is -2.87. The lowest BCUT2D eigenvalue weighted by Gasteiger charge is -2.33. The van der Waals surface area contributed by atoms with Crippen LogP contribution in [-0.4, -0.2) is 56.1 Å². The maximum absolute atomic E-state index is 13.5. The highest BCUT2D eigenvalue weighted by atomic mass is 32.2. The van der Waals surface area contributed by atoms with Crippen LogP contribution in [0.15, 0.2) is 54.6 Å². The molecule has 0 spiro atoms. The van der Waals surface area contributed by atoms with Gasteiger partial charge < -0.3 is 10.2 Å². The Morgan fingerprint density at radius 2 is 1.56 bits per heavy atom. The van der Waals surface area contributed by atoms with E-state index < -0.39 is 27.5 Å². The van der Waals surface area contributed by atoms with Crippen LogP contribution in [0, 0.1) is 0 Å². The van der Waals surface area contributed by atoms with Crippen molar-refractivity contribution in [1.82, 2.24) is 10.2 Å². The number of carbonyl (C=O) groups is 2. The number of rotatable bonds is 10. The van der Waals surface area contributed by atoms with E-state index in [4.69, 9.17) is 0 Å². The molecule has 1 atom stereocenters. The Morgan fingerprint density at radius 3 is 2.06 bits per heavy atom. The summed E-state index contributed by atoms with van der Waals surface area (Å²) in [5.74, 6) is -0.718. The van der Waals surface area contributed by atoms with Crippen molar-refractivity contribution in [2.45, 2.75) is 59.0 Å². The molecular formula is C26H37N3O4S. The van der Waals surface area contributed by atoms with Gasteiger partial charge in [-0.05, 0) is 63.8 Å². The van der Waals surface area contributed by atoms with Gasteiger partial charge in [-0.1, -0.05) is 49.4 Å². The Balaban J connectivity index is 2.31. The molecule has 2 aromatic rings. The summed E-state index contributed by atoms with van der Waals surface area (Å²) >= 11 is 0. The van der Waals surface area contributed by atoms with E-state index in [9.17, 15) is 18.0 Å². The summed E-state index contributed by atoms with van der Waals surface area (Å²) < 4.78 is 26.3. The van der Waals surface area contributed by atoms with Gasteiger partial charge in [0.1, 0.15) is 12.6 Å². The minimum atomic E-state index is -3.72. The van der Waals surface area contributed by atoms with Gasteiger partial charge in [-0.15, -0.1) is 0 Å². The Morgan fingerprint density at radius 1 is 0.971 bits per heavy atom. The number of amides is 2. The van der Waals surface area contributed by atoms with Crippen molar-refractivity contribution >= 4 is 27.5 Å². The molecule has 2 aromatic carbocycles. The minimum Gasteiger partial charge on any atom is -0.350 e. The molecular weight excluding hydrogens is 450 g/mol. The average molecular weight is 488 g/mol. The third kappa shape index (κ3) is 8.17. The molecule has 8 heteroatoms. The first kappa shape index (κ1) is 27.4. The molecule has 2 rings (SSSR count). The lowest BCUT2D eigenvalue weighted by Crippen LogP contribution is -2.55. The number of sulfonamides is 1. The molecule has 0 fully saturated rings. The second-order valence-electron chi connectivity index (χ2n) is 9.53. The van der Waals surface area contributed by atoms with Crippen LogP contribution in [0.2, 0.25) is 0 Å². The number of anilines is 1. The second-order valence-corrected chi connectivity index (χ2v) is 11.4. The van der Waals surface area contributed by atoms with Crippen molar-refractivity contribution in [3.8, 4) is 0 Å². The molecule has 0 aliphatic carbocycles. The Bertz CT molecular complexity index is 1060. The van der Waals surface area contributed by atoms with Gasteiger partial charge in [0.05, 0.1) is 11.9 Å². The number of carbonyl (C=O) groups excluding carboxylic acids is 2. The van der Waals surface area contributed by atoms with Crippen LogP contribution in [0.3, 0.4) is 0 Å². The minimum absolute atomic E-state index is 0.285. The zero-order valence-corrected chi connectivity index (χ0v) is 21.9. The Labute approximate surface area is 204 Å². The molecule has 0 aliphatic heterocycles. The zero-order valence-electron chi connectivity index (χ0n) is 21.0. The van der Waals surface area contributed by atoms with Crippen LogP contribution in [0.25, 0.3) is 0 Å². The van der Waals surface area contributed by atoms with Crippen molar-refractivity contribution < 1.29 is 18.0 Å². The van der Waals surface area contributed by atoms with Crippen LogP contribution < -0.4 is 9.62 Å². The largest absolute Gasteiger partial charge is 0.350 e. The first-order chi connectivity index (χ1) is 15.8. The summed E-state index contributed by atoms with van der Waals surface area (Å²) in [7, 11) is -3.72. The molecule has 0 saturated carbocycles. The maximum atomic E-state index is 13.5. The lowest BCUT2D eigenvalue weighted by molar-refractivity contribution is -0.139. The summed E-state index contributed by atoms with van der Waals surface area (Å²) in [5.41, 5.74) is 2.06. The van der Waals surface area contributed by atoms with Crippen molar-refractivity contribution in [1.29, 1.82) is 0 Å². The van der Waals surface area contributed by atoms with Gasteiger partial charge in [0.2, 0.25) is 21.8 Å². The molecule has 34 heavy (non-hydrogen) atoms. The van der Waals surface area contributed by atoms with Crippen molar-refractivity contribution in [2.24, 2.45) is 0 Å². The number of hydrogen-bond donors (Lipinski definition) is 1. The van der Waals surface area contributed by atoms with E-state index >= 15 is 0 Å². The third-order valence-electron chi connectivity index (χ3n) is 5.46. The third-order valence-corrected chi connectivity index (χ3v) is 6.60. The van der Waals surface area contributed by atoms with Crippen molar-refractivity contribution in [3.05, 3.63) is 65.7 Å². The predicted octanol–water partition coefficient (Wildman–Crippen LogP) is 3.39. The molecule has 1 N–H and O–H groups in total. The SMILES string of the molecule is CCc1ccc(N(CC(=O)N(CCc2ccccc2)C(C)C(=O)NC(C)(C)C)S(C)(=O)=O)cc1. The first-order valence-corrected chi connectivity index (χ1v) is 13.4. The summed E-state index contributed by atoms with van der Waals surface area (Å²) in [6.45, 7) is 9.21. The van der Waals surface area contributed by atoms with E-state index in [1.165, 1.54) is 4.90 Å². The van der Waals surface area contributed by atoms with E-state index in [1.54, 1.807) is 19.1 Å². The second kappa shape index (κ2) is 11.5. The molecule has 2 amide bonds. The van der Waals surface area contributed by atoms with E-state index in [0.717, 1.165) is 28.1 Å². The summed E-state index contributed by atoms with van der Waals surface area (Å²) in [5, 5.41) is 2.92. The van der Waals surface area contributed by atoms with E-state index in [1.807, 2.05) is 70.2 Å². The molecule has 1 unspecified atom stereocenters. The fourth-order valence-electron chi connectivity index (χ4n) is 3.56. The van der Waals surface area contributed by atoms with Crippen LogP contribution in [0.4, 0.5) is 5.69 Å². The Kier molecular flexibility index (Phi) is 9.27.